The van der Waals surface area contributed by atoms with Crippen LogP contribution in [0.5, 0.6) is 11.8 Å². The Morgan fingerprint density at radius 3 is 2.46 bits per heavy atom. The van der Waals surface area contributed by atoms with Gasteiger partial charge in [0.05, 0.1) is 22.8 Å². The molecule has 0 aliphatic heterocycles. The van der Waals surface area contributed by atoms with Crippen molar-refractivity contribution in [2.24, 2.45) is 0 Å². The number of benzene rings is 3. The molecule has 2 aromatic heterocycles. The van der Waals surface area contributed by atoms with E-state index in [4.69, 9.17) is 4.74 Å². The standard InChI is InChI=1S/C32H27FN6O2/c1-20(21-6-10-23(33)11-7-21)37-31(40)38-24-12-8-22(9-13-24)30-28(19-34)27-15-14-26(41-32-35-16-3-17-36-32)18-29(27)39(30)25-4-2-5-25/h3,6-18,20,25H,2,4-5H2,1H3,(H2,37,38,40). The molecule has 2 N–H and O–H groups in total. The summed E-state index contributed by atoms with van der Waals surface area (Å²) in [6.45, 7) is 1.84. The van der Waals surface area contributed by atoms with Crippen molar-refractivity contribution < 1.29 is 13.9 Å². The number of aromatic nitrogens is 3. The quantitative estimate of drug-likeness (QED) is 0.220. The zero-order valence-electron chi connectivity index (χ0n) is 22.3. The Labute approximate surface area is 236 Å². The SMILES string of the molecule is CC(NC(=O)Nc1ccc(-c2c(C#N)c3ccc(Oc4ncccn4)cc3n2C2CCC2)cc1)c1ccc(F)cc1. The van der Waals surface area contributed by atoms with Crippen molar-refractivity contribution in [3.8, 4) is 29.1 Å². The molecule has 6 rings (SSSR count). The minimum Gasteiger partial charge on any atom is -0.424 e. The van der Waals surface area contributed by atoms with Crippen LogP contribution in [-0.4, -0.2) is 20.6 Å². The predicted octanol–water partition coefficient (Wildman–Crippen LogP) is 7.51. The summed E-state index contributed by atoms with van der Waals surface area (Å²) in [5.41, 5.74) is 4.66. The van der Waals surface area contributed by atoms with E-state index < -0.39 is 0 Å². The third-order valence-corrected chi connectivity index (χ3v) is 7.41. The zero-order chi connectivity index (χ0) is 28.3. The van der Waals surface area contributed by atoms with Gasteiger partial charge in [-0.25, -0.2) is 19.2 Å². The number of ether oxygens (including phenoxy) is 1. The molecule has 2 heterocycles. The number of fused-ring (bicyclic) bond motifs is 1. The number of anilines is 1. The Hall–Kier alpha value is -5.23. The number of amides is 2. The number of urea groups is 1. The summed E-state index contributed by atoms with van der Waals surface area (Å²) in [5.74, 6) is 0.273. The molecule has 5 aromatic rings. The van der Waals surface area contributed by atoms with Gasteiger partial charge in [-0.3, -0.25) is 0 Å². The number of hydrogen-bond acceptors (Lipinski definition) is 5. The summed E-state index contributed by atoms with van der Waals surface area (Å²) in [7, 11) is 0. The normalized spacial score (nSPS) is 13.7. The zero-order valence-corrected chi connectivity index (χ0v) is 22.3. The molecular weight excluding hydrogens is 519 g/mol. The number of nitrogens with one attached hydrogen (secondary N) is 2. The van der Waals surface area contributed by atoms with E-state index in [9.17, 15) is 14.4 Å². The molecule has 1 unspecified atom stereocenters. The fourth-order valence-corrected chi connectivity index (χ4v) is 5.13. The maximum Gasteiger partial charge on any atom is 0.321 e. The number of nitrogens with zero attached hydrogens (tertiary/aromatic N) is 4. The minimum absolute atomic E-state index is 0.258. The number of carbonyl (C=O) groups is 1. The Balaban J connectivity index is 1.28. The van der Waals surface area contributed by atoms with Crippen LogP contribution in [0.4, 0.5) is 14.9 Å². The van der Waals surface area contributed by atoms with E-state index in [2.05, 4.69) is 31.2 Å². The third kappa shape index (κ3) is 5.32. The van der Waals surface area contributed by atoms with Gasteiger partial charge in [0.1, 0.15) is 17.6 Å². The van der Waals surface area contributed by atoms with Crippen LogP contribution < -0.4 is 15.4 Å². The molecule has 204 valence electrons. The first kappa shape index (κ1) is 26.0. The number of rotatable bonds is 7. The molecule has 0 bridgehead atoms. The van der Waals surface area contributed by atoms with E-state index in [1.807, 2.05) is 49.4 Å². The van der Waals surface area contributed by atoms with Crippen LogP contribution in [0.3, 0.4) is 0 Å². The fourth-order valence-electron chi connectivity index (χ4n) is 5.13. The lowest BCUT2D eigenvalue weighted by atomic mass is 9.92. The van der Waals surface area contributed by atoms with Crippen molar-refractivity contribution in [1.29, 1.82) is 5.26 Å². The van der Waals surface area contributed by atoms with Gasteiger partial charge in [0.25, 0.3) is 0 Å². The second-order valence-electron chi connectivity index (χ2n) is 10.1. The summed E-state index contributed by atoms with van der Waals surface area (Å²) in [6.07, 6.45) is 6.44. The largest absolute Gasteiger partial charge is 0.424 e. The number of carbonyl (C=O) groups excluding carboxylic acids is 1. The Morgan fingerprint density at radius 1 is 1.07 bits per heavy atom. The molecule has 2 amide bonds. The molecule has 0 saturated heterocycles. The second-order valence-corrected chi connectivity index (χ2v) is 10.1. The topological polar surface area (TPSA) is 105 Å². The molecule has 9 heteroatoms. The van der Waals surface area contributed by atoms with Crippen molar-refractivity contribution in [1.82, 2.24) is 19.9 Å². The highest BCUT2D eigenvalue weighted by molar-refractivity contribution is 5.96. The van der Waals surface area contributed by atoms with E-state index in [1.165, 1.54) is 12.1 Å². The van der Waals surface area contributed by atoms with Gasteiger partial charge in [0.2, 0.25) is 0 Å². The van der Waals surface area contributed by atoms with Gasteiger partial charge < -0.3 is 19.9 Å². The Bertz CT molecular complexity index is 1740. The fraction of sp³-hybridized carbons (Fsp3) is 0.188. The van der Waals surface area contributed by atoms with Crippen LogP contribution in [0.1, 0.15) is 49.4 Å². The number of halogens is 1. The lowest BCUT2D eigenvalue weighted by Gasteiger charge is -2.30. The first-order chi connectivity index (χ1) is 20.0. The average Bonchev–Trinajstić information content (AvgIpc) is 3.26. The van der Waals surface area contributed by atoms with Crippen molar-refractivity contribution in [2.45, 2.75) is 38.3 Å². The van der Waals surface area contributed by atoms with Crippen molar-refractivity contribution in [3.05, 3.63) is 102 Å². The molecule has 1 aliphatic carbocycles. The van der Waals surface area contributed by atoms with E-state index in [1.54, 1.807) is 30.6 Å². The maximum absolute atomic E-state index is 13.2. The Morgan fingerprint density at radius 2 is 1.80 bits per heavy atom. The molecule has 1 aliphatic rings. The third-order valence-electron chi connectivity index (χ3n) is 7.41. The molecule has 1 atom stereocenters. The average molecular weight is 547 g/mol. The lowest BCUT2D eigenvalue weighted by Crippen LogP contribution is -2.31. The van der Waals surface area contributed by atoms with Crippen LogP contribution in [0.15, 0.2) is 85.2 Å². The molecule has 8 nitrogen and oxygen atoms in total. The highest BCUT2D eigenvalue weighted by Gasteiger charge is 2.28. The van der Waals surface area contributed by atoms with Crippen LogP contribution >= 0.6 is 0 Å². The molecule has 1 saturated carbocycles. The lowest BCUT2D eigenvalue weighted by molar-refractivity contribution is 0.249. The van der Waals surface area contributed by atoms with Gasteiger partial charge >= 0.3 is 12.0 Å². The highest BCUT2D eigenvalue weighted by Crippen LogP contribution is 2.43. The molecule has 0 radical (unpaired) electrons. The number of hydrogen-bond donors (Lipinski definition) is 2. The summed E-state index contributed by atoms with van der Waals surface area (Å²) in [4.78, 5) is 20.9. The van der Waals surface area contributed by atoms with E-state index >= 15 is 0 Å². The van der Waals surface area contributed by atoms with Crippen LogP contribution in [0.2, 0.25) is 0 Å². The van der Waals surface area contributed by atoms with Gasteiger partial charge in [-0.05, 0) is 79.8 Å². The maximum atomic E-state index is 13.2. The first-order valence-corrected chi connectivity index (χ1v) is 13.5. The van der Waals surface area contributed by atoms with E-state index in [0.29, 0.717) is 17.0 Å². The van der Waals surface area contributed by atoms with Crippen LogP contribution in [-0.2, 0) is 0 Å². The molecule has 0 spiro atoms. The van der Waals surface area contributed by atoms with Gasteiger partial charge in [0.15, 0.2) is 0 Å². The Kier molecular flexibility index (Phi) is 7.04. The van der Waals surface area contributed by atoms with Crippen molar-refractivity contribution >= 4 is 22.6 Å². The second kappa shape index (κ2) is 11.1. The molecule has 3 aromatic carbocycles. The highest BCUT2D eigenvalue weighted by atomic mass is 19.1. The molecule has 41 heavy (non-hydrogen) atoms. The molecular formula is C32H27FN6O2. The summed E-state index contributed by atoms with van der Waals surface area (Å²) < 4.78 is 21.4. The predicted molar refractivity (Wildman–Crippen MR) is 154 cm³/mol. The van der Waals surface area contributed by atoms with Crippen LogP contribution in [0.25, 0.3) is 22.2 Å². The van der Waals surface area contributed by atoms with Crippen LogP contribution in [0, 0.1) is 17.1 Å². The smallest absolute Gasteiger partial charge is 0.321 e. The minimum atomic E-state index is -0.370. The molecule has 1 fully saturated rings. The summed E-state index contributed by atoms with van der Waals surface area (Å²) in [5, 5.41) is 16.8. The summed E-state index contributed by atoms with van der Waals surface area (Å²) in [6, 6.07) is 23.2. The number of nitriles is 1. The van der Waals surface area contributed by atoms with Crippen molar-refractivity contribution in [3.63, 3.8) is 0 Å². The van der Waals surface area contributed by atoms with Crippen molar-refractivity contribution in [2.75, 3.05) is 5.32 Å². The first-order valence-electron chi connectivity index (χ1n) is 13.5. The van der Waals surface area contributed by atoms with E-state index in [-0.39, 0.29) is 29.9 Å². The summed E-state index contributed by atoms with van der Waals surface area (Å²) >= 11 is 0. The van der Waals surface area contributed by atoms with Gasteiger partial charge in [-0.15, -0.1) is 0 Å². The van der Waals surface area contributed by atoms with Gasteiger partial charge in [-0.1, -0.05) is 24.3 Å². The monoisotopic (exact) mass is 546 g/mol. The van der Waals surface area contributed by atoms with E-state index in [0.717, 1.165) is 47.0 Å². The van der Waals surface area contributed by atoms with Gasteiger partial charge in [-0.2, -0.15) is 5.26 Å². The van der Waals surface area contributed by atoms with Gasteiger partial charge in [0, 0.05) is 35.6 Å².